The third kappa shape index (κ3) is 13.1. The molecule has 276 valence electrons. The van der Waals surface area contributed by atoms with Gasteiger partial charge in [-0.2, -0.15) is 20.5 Å². The fourth-order valence-electron chi connectivity index (χ4n) is 4.60. The first-order valence-corrected chi connectivity index (χ1v) is 16.9. The van der Waals surface area contributed by atoms with E-state index in [1.54, 1.807) is 38.5 Å². The molecule has 0 bridgehead atoms. The SMILES string of the molecule is COc1ccc(N=Nc2ccc3c(c2)OCCOCCOCCOc2cc(N=Nc4ccc(OC)cc4)ccc2OCCOCCOCCO3)cc1. The third-order valence-corrected chi connectivity index (χ3v) is 7.25. The van der Waals surface area contributed by atoms with E-state index in [-0.39, 0.29) is 0 Å². The number of hydrogen-bond donors (Lipinski definition) is 0. The van der Waals surface area contributed by atoms with E-state index in [2.05, 4.69) is 20.5 Å². The Labute approximate surface area is 303 Å². The Morgan fingerprint density at radius 3 is 0.981 bits per heavy atom. The van der Waals surface area contributed by atoms with E-state index in [1.807, 2.05) is 60.7 Å². The summed E-state index contributed by atoms with van der Waals surface area (Å²) in [5.74, 6) is 3.66. The summed E-state index contributed by atoms with van der Waals surface area (Å²) in [6.45, 7) is 4.21. The van der Waals surface area contributed by atoms with Crippen LogP contribution in [-0.2, 0) is 18.9 Å². The minimum absolute atomic E-state index is 0.293. The molecule has 0 radical (unpaired) electrons. The number of methoxy groups -OCH3 is 2. The number of rotatable bonds is 6. The van der Waals surface area contributed by atoms with Crippen LogP contribution in [-0.4, -0.2) is 93.5 Å². The lowest BCUT2D eigenvalue weighted by Crippen LogP contribution is -2.15. The first-order valence-electron chi connectivity index (χ1n) is 16.9. The van der Waals surface area contributed by atoms with Crippen molar-refractivity contribution in [1.82, 2.24) is 0 Å². The van der Waals surface area contributed by atoms with Crippen molar-refractivity contribution in [3.05, 3.63) is 84.9 Å². The molecule has 0 spiro atoms. The Bertz CT molecular complexity index is 1560. The number of fused-ring (bicyclic) bond motifs is 2. The van der Waals surface area contributed by atoms with Gasteiger partial charge < -0.3 is 47.4 Å². The molecule has 0 unspecified atom stereocenters. The molecule has 5 rings (SSSR count). The summed E-state index contributed by atoms with van der Waals surface area (Å²) < 4.78 is 57.2. The number of azo groups is 2. The van der Waals surface area contributed by atoms with Crippen molar-refractivity contribution in [3.63, 3.8) is 0 Å². The minimum Gasteiger partial charge on any atom is -0.497 e. The third-order valence-electron chi connectivity index (χ3n) is 7.25. The molecule has 1 aliphatic rings. The van der Waals surface area contributed by atoms with Crippen LogP contribution in [0.25, 0.3) is 0 Å². The zero-order valence-corrected chi connectivity index (χ0v) is 29.4. The standard InChI is InChI=1S/C38H44N4O10/c1-43-33-9-3-29(4-10-33)39-41-31-7-13-35-37(27-31)51-25-21-47-17-18-48-22-26-52-38-28-32(42-40-30-5-11-34(44-2)12-6-30)8-14-36(38)50-24-20-46-16-15-45-19-23-49-35/h3-14,27-28H,15-26H2,1-2H3. The summed E-state index contributed by atoms with van der Waals surface area (Å²) in [5, 5.41) is 17.3. The van der Waals surface area contributed by atoms with Crippen molar-refractivity contribution in [2.45, 2.75) is 0 Å². The zero-order chi connectivity index (χ0) is 36.1. The minimum atomic E-state index is 0.293. The summed E-state index contributed by atoms with van der Waals surface area (Å²) in [6.07, 6.45) is 0. The molecule has 0 saturated carbocycles. The quantitative estimate of drug-likeness (QED) is 0.181. The summed E-state index contributed by atoms with van der Waals surface area (Å²) in [4.78, 5) is 0. The molecule has 0 amide bonds. The van der Waals surface area contributed by atoms with Crippen LogP contribution in [0.4, 0.5) is 22.7 Å². The van der Waals surface area contributed by atoms with Gasteiger partial charge in [0.15, 0.2) is 23.0 Å². The maximum atomic E-state index is 6.02. The van der Waals surface area contributed by atoms with Crippen molar-refractivity contribution in [1.29, 1.82) is 0 Å². The van der Waals surface area contributed by atoms with Crippen LogP contribution < -0.4 is 28.4 Å². The average Bonchev–Trinajstić information content (AvgIpc) is 3.18. The highest BCUT2D eigenvalue weighted by molar-refractivity contribution is 5.53. The lowest BCUT2D eigenvalue weighted by molar-refractivity contribution is 0.0223. The van der Waals surface area contributed by atoms with Gasteiger partial charge in [0.2, 0.25) is 0 Å². The lowest BCUT2D eigenvalue weighted by Gasteiger charge is -2.15. The van der Waals surface area contributed by atoms with E-state index in [0.717, 1.165) is 11.5 Å². The lowest BCUT2D eigenvalue weighted by atomic mass is 10.3. The molecular formula is C38H44N4O10. The average molecular weight is 717 g/mol. The monoisotopic (exact) mass is 716 g/mol. The summed E-state index contributed by atoms with van der Waals surface area (Å²) in [5.41, 5.74) is 2.60. The van der Waals surface area contributed by atoms with Gasteiger partial charge in [0.1, 0.15) is 37.9 Å². The van der Waals surface area contributed by atoms with Crippen LogP contribution in [0, 0.1) is 0 Å². The molecule has 0 N–H and O–H groups in total. The van der Waals surface area contributed by atoms with E-state index >= 15 is 0 Å². The van der Waals surface area contributed by atoms with E-state index in [0.29, 0.717) is 125 Å². The second kappa shape index (κ2) is 21.8. The topological polar surface area (TPSA) is 142 Å². The molecule has 0 atom stereocenters. The van der Waals surface area contributed by atoms with Gasteiger partial charge in [-0.1, -0.05) is 0 Å². The Morgan fingerprint density at radius 1 is 0.346 bits per heavy atom. The second-order valence-electron chi connectivity index (χ2n) is 10.9. The van der Waals surface area contributed by atoms with Crippen LogP contribution in [0.1, 0.15) is 0 Å². The van der Waals surface area contributed by atoms with Gasteiger partial charge in [-0.25, -0.2) is 0 Å². The molecule has 14 heteroatoms. The Kier molecular flexibility index (Phi) is 15.9. The van der Waals surface area contributed by atoms with E-state index in [4.69, 9.17) is 47.4 Å². The van der Waals surface area contributed by atoms with Crippen LogP contribution in [0.5, 0.6) is 34.5 Å². The van der Waals surface area contributed by atoms with Gasteiger partial charge in [-0.15, -0.1) is 0 Å². The first-order chi connectivity index (χ1) is 25.7. The van der Waals surface area contributed by atoms with E-state index in [9.17, 15) is 0 Å². The molecule has 1 heterocycles. The molecule has 0 fully saturated rings. The Hall–Kier alpha value is -5.28. The van der Waals surface area contributed by atoms with Crippen LogP contribution >= 0.6 is 0 Å². The fraction of sp³-hybridized carbons (Fsp3) is 0.368. The smallest absolute Gasteiger partial charge is 0.163 e. The van der Waals surface area contributed by atoms with Gasteiger partial charge in [0, 0.05) is 12.1 Å². The molecule has 0 saturated heterocycles. The molecule has 4 aromatic rings. The highest BCUT2D eigenvalue weighted by Crippen LogP contribution is 2.34. The van der Waals surface area contributed by atoms with Crippen LogP contribution in [0.2, 0.25) is 0 Å². The summed E-state index contributed by atoms with van der Waals surface area (Å²) >= 11 is 0. The van der Waals surface area contributed by atoms with Gasteiger partial charge in [0.25, 0.3) is 0 Å². The number of benzene rings is 4. The van der Waals surface area contributed by atoms with E-state index in [1.165, 1.54) is 0 Å². The molecule has 14 nitrogen and oxygen atoms in total. The van der Waals surface area contributed by atoms with Crippen molar-refractivity contribution in [2.75, 3.05) is 93.5 Å². The molecule has 0 aliphatic carbocycles. The summed E-state index contributed by atoms with van der Waals surface area (Å²) in [7, 11) is 3.24. The molecule has 0 aromatic heterocycles. The first kappa shape index (κ1) is 38.0. The van der Waals surface area contributed by atoms with E-state index < -0.39 is 0 Å². The summed E-state index contributed by atoms with van der Waals surface area (Å²) in [6, 6.07) is 25.4. The Morgan fingerprint density at radius 2 is 0.635 bits per heavy atom. The highest BCUT2D eigenvalue weighted by atomic mass is 16.6. The number of ether oxygens (including phenoxy) is 10. The predicted octanol–water partition coefficient (Wildman–Crippen LogP) is 7.83. The van der Waals surface area contributed by atoms with Crippen molar-refractivity contribution in [2.24, 2.45) is 20.5 Å². The van der Waals surface area contributed by atoms with Crippen LogP contribution in [0.3, 0.4) is 0 Å². The van der Waals surface area contributed by atoms with Gasteiger partial charge in [-0.3, -0.25) is 0 Å². The predicted molar refractivity (Wildman–Crippen MR) is 192 cm³/mol. The maximum Gasteiger partial charge on any atom is 0.163 e. The maximum absolute atomic E-state index is 6.02. The van der Waals surface area contributed by atoms with Gasteiger partial charge in [-0.05, 0) is 72.8 Å². The van der Waals surface area contributed by atoms with Crippen LogP contribution in [0.15, 0.2) is 105 Å². The fourth-order valence-corrected chi connectivity index (χ4v) is 4.60. The number of nitrogens with zero attached hydrogens (tertiary/aromatic N) is 4. The van der Waals surface area contributed by atoms with Gasteiger partial charge in [0.05, 0.1) is 89.8 Å². The number of hydrogen-bond acceptors (Lipinski definition) is 14. The van der Waals surface area contributed by atoms with Gasteiger partial charge >= 0.3 is 0 Å². The second-order valence-corrected chi connectivity index (χ2v) is 10.9. The van der Waals surface area contributed by atoms with Crippen molar-refractivity contribution in [3.8, 4) is 34.5 Å². The normalized spacial score (nSPS) is 15.9. The molecule has 52 heavy (non-hydrogen) atoms. The van der Waals surface area contributed by atoms with Crippen molar-refractivity contribution < 1.29 is 47.4 Å². The molecular weight excluding hydrogens is 672 g/mol. The highest BCUT2D eigenvalue weighted by Gasteiger charge is 2.10. The molecule has 4 aromatic carbocycles. The van der Waals surface area contributed by atoms with Crippen molar-refractivity contribution >= 4 is 22.7 Å². The zero-order valence-electron chi connectivity index (χ0n) is 29.4. The molecule has 1 aliphatic heterocycles. The largest absolute Gasteiger partial charge is 0.497 e. The Balaban J connectivity index is 1.14.